The fourth-order valence-electron chi connectivity index (χ4n) is 2.33. The van der Waals surface area contributed by atoms with Gasteiger partial charge < -0.3 is 5.32 Å². The van der Waals surface area contributed by atoms with E-state index in [4.69, 9.17) is 0 Å². The van der Waals surface area contributed by atoms with Crippen LogP contribution in [0.2, 0.25) is 0 Å². The zero-order chi connectivity index (χ0) is 13.6. The summed E-state index contributed by atoms with van der Waals surface area (Å²) < 4.78 is 26.9. The summed E-state index contributed by atoms with van der Waals surface area (Å²) in [5.74, 6) is 0.213. The van der Waals surface area contributed by atoms with Crippen molar-refractivity contribution in [2.45, 2.75) is 50.3 Å². The molecule has 0 aromatic rings. The Kier molecular flexibility index (Phi) is 6.44. The van der Waals surface area contributed by atoms with Gasteiger partial charge in [0.1, 0.15) is 0 Å². The van der Waals surface area contributed by atoms with Gasteiger partial charge in [-0.05, 0) is 38.5 Å². The molecule has 108 valence electrons. The van der Waals surface area contributed by atoms with Crippen LogP contribution in [0.4, 0.5) is 0 Å². The van der Waals surface area contributed by atoms with E-state index in [1.165, 1.54) is 0 Å². The standard InChI is InChI=1S/C12H26N2O2S2/c1-4-12(5-2,17-3)10-14-18(15,16)9-11-7-6-8-13-11/h11,13-14H,4-10H2,1-3H3. The number of thioether (sulfide) groups is 1. The lowest BCUT2D eigenvalue weighted by molar-refractivity contribution is 0.517. The Balaban J connectivity index is 2.49. The first-order valence-corrected chi connectivity index (χ1v) is 9.60. The summed E-state index contributed by atoms with van der Waals surface area (Å²) in [6.45, 7) is 5.72. The van der Waals surface area contributed by atoms with Gasteiger partial charge in [-0.2, -0.15) is 11.8 Å². The maximum atomic E-state index is 12.0. The molecule has 0 bridgehead atoms. The van der Waals surface area contributed by atoms with Crippen molar-refractivity contribution in [3.8, 4) is 0 Å². The lowest BCUT2D eigenvalue weighted by Gasteiger charge is -2.29. The van der Waals surface area contributed by atoms with Gasteiger partial charge in [-0.15, -0.1) is 0 Å². The lowest BCUT2D eigenvalue weighted by Crippen LogP contribution is -2.43. The smallest absolute Gasteiger partial charge is 0.213 e. The zero-order valence-corrected chi connectivity index (χ0v) is 13.3. The maximum Gasteiger partial charge on any atom is 0.213 e. The van der Waals surface area contributed by atoms with E-state index in [0.29, 0.717) is 6.54 Å². The van der Waals surface area contributed by atoms with E-state index >= 15 is 0 Å². The van der Waals surface area contributed by atoms with E-state index in [2.05, 4.69) is 30.1 Å². The molecule has 4 nitrogen and oxygen atoms in total. The molecule has 0 spiro atoms. The molecule has 0 aromatic heterocycles. The first-order chi connectivity index (χ1) is 8.47. The monoisotopic (exact) mass is 294 g/mol. The van der Waals surface area contributed by atoms with Crippen molar-refractivity contribution in [2.24, 2.45) is 0 Å². The van der Waals surface area contributed by atoms with Crippen molar-refractivity contribution in [3.05, 3.63) is 0 Å². The lowest BCUT2D eigenvalue weighted by atomic mass is 10.0. The molecule has 0 saturated carbocycles. The van der Waals surface area contributed by atoms with Crippen LogP contribution in [0, 0.1) is 0 Å². The van der Waals surface area contributed by atoms with Crippen LogP contribution in [0.3, 0.4) is 0 Å². The van der Waals surface area contributed by atoms with E-state index in [9.17, 15) is 8.42 Å². The zero-order valence-electron chi connectivity index (χ0n) is 11.7. The van der Waals surface area contributed by atoms with Crippen molar-refractivity contribution < 1.29 is 8.42 Å². The highest BCUT2D eigenvalue weighted by Crippen LogP contribution is 2.29. The minimum Gasteiger partial charge on any atom is -0.313 e. The third-order valence-electron chi connectivity index (χ3n) is 3.92. The molecule has 0 amide bonds. The number of sulfonamides is 1. The summed E-state index contributed by atoms with van der Waals surface area (Å²) in [6, 6.07) is 0.134. The molecule has 1 fully saturated rings. The molecule has 1 saturated heterocycles. The molecule has 6 heteroatoms. The van der Waals surface area contributed by atoms with Crippen molar-refractivity contribution in [1.82, 2.24) is 10.0 Å². The molecule has 1 aliphatic rings. The van der Waals surface area contributed by atoms with Crippen LogP contribution in [0.25, 0.3) is 0 Å². The van der Waals surface area contributed by atoms with E-state index in [-0.39, 0.29) is 16.5 Å². The molecule has 0 aliphatic carbocycles. The average molecular weight is 294 g/mol. The summed E-state index contributed by atoms with van der Waals surface area (Å²) in [5, 5.41) is 3.23. The number of rotatable bonds is 8. The SMILES string of the molecule is CCC(CC)(CNS(=O)(=O)CC1CCCN1)SC. The molecule has 1 heterocycles. The van der Waals surface area contributed by atoms with Gasteiger partial charge >= 0.3 is 0 Å². The van der Waals surface area contributed by atoms with Gasteiger partial charge in [0, 0.05) is 17.3 Å². The molecule has 0 aromatic carbocycles. The fourth-order valence-corrected chi connectivity index (χ4v) is 4.64. The third kappa shape index (κ3) is 4.72. The van der Waals surface area contributed by atoms with Crippen molar-refractivity contribution in [1.29, 1.82) is 0 Å². The second-order valence-corrected chi connectivity index (χ2v) is 8.12. The topological polar surface area (TPSA) is 58.2 Å². The Bertz CT molecular complexity index is 326. The van der Waals surface area contributed by atoms with Crippen LogP contribution in [-0.2, 0) is 10.0 Å². The van der Waals surface area contributed by atoms with Crippen LogP contribution in [0.1, 0.15) is 39.5 Å². The van der Waals surface area contributed by atoms with Gasteiger partial charge in [0.15, 0.2) is 0 Å². The summed E-state index contributed by atoms with van der Waals surface area (Å²) in [7, 11) is -3.15. The maximum absolute atomic E-state index is 12.0. The molecular formula is C12H26N2O2S2. The van der Waals surface area contributed by atoms with Crippen LogP contribution in [0.15, 0.2) is 0 Å². The number of hydrogen-bond acceptors (Lipinski definition) is 4. The van der Waals surface area contributed by atoms with Gasteiger partial charge in [0.25, 0.3) is 0 Å². The minimum absolute atomic E-state index is 0.0379. The van der Waals surface area contributed by atoms with Gasteiger partial charge in [0.05, 0.1) is 5.75 Å². The van der Waals surface area contributed by atoms with E-state index in [1.807, 2.05) is 0 Å². The molecular weight excluding hydrogens is 268 g/mol. The first kappa shape index (κ1) is 16.3. The highest BCUT2D eigenvalue weighted by Gasteiger charge is 2.28. The van der Waals surface area contributed by atoms with Gasteiger partial charge in [0.2, 0.25) is 10.0 Å². The highest BCUT2D eigenvalue weighted by atomic mass is 32.2. The van der Waals surface area contributed by atoms with E-state index < -0.39 is 10.0 Å². The van der Waals surface area contributed by atoms with E-state index in [1.54, 1.807) is 11.8 Å². The Labute approximate surface area is 116 Å². The van der Waals surface area contributed by atoms with Crippen molar-refractivity contribution >= 4 is 21.8 Å². The van der Waals surface area contributed by atoms with E-state index in [0.717, 1.165) is 32.2 Å². The molecule has 1 unspecified atom stereocenters. The predicted molar refractivity (Wildman–Crippen MR) is 79.6 cm³/mol. The summed E-state index contributed by atoms with van der Waals surface area (Å²) in [4.78, 5) is 0. The van der Waals surface area contributed by atoms with Crippen molar-refractivity contribution in [3.63, 3.8) is 0 Å². The first-order valence-electron chi connectivity index (χ1n) is 6.73. The number of hydrogen-bond donors (Lipinski definition) is 2. The van der Waals surface area contributed by atoms with Gasteiger partial charge in [-0.1, -0.05) is 13.8 Å². The van der Waals surface area contributed by atoms with Crippen LogP contribution < -0.4 is 10.0 Å². The Morgan fingerprint density at radius 2 is 2.06 bits per heavy atom. The molecule has 18 heavy (non-hydrogen) atoms. The van der Waals surface area contributed by atoms with Gasteiger partial charge in [-0.3, -0.25) is 0 Å². The molecule has 1 rings (SSSR count). The van der Waals surface area contributed by atoms with Gasteiger partial charge in [-0.25, -0.2) is 13.1 Å². The Morgan fingerprint density at radius 1 is 1.39 bits per heavy atom. The Hall–Kier alpha value is 0.220. The quantitative estimate of drug-likeness (QED) is 0.713. The largest absolute Gasteiger partial charge is 0.313 e. The average Bonchev–Trinajstić information content (AvgIpc) is 2.83. The highest BCUT2D eigenvalue weighted by molar-refractivity contribution is 8.00. The summed E-state index contributed by atoms with van der Waals surface area (Å²) in [5.41, 5.74) is 0. The van der Waals surface area contributed by atoms with Crippen LogP contribution in [0.5, 0.6) is 0 Å². The van der Waals surface area contributed by atoms with Crippen LogP contribution >= 0.6 is 11.8 Å². The molecule has 2 N–H and O–H groups in total. The molecule has 1 aliphatic heterocycles. The third-order valence-corrected chi connectivity index (χ3v) is 6.93. The normalized spacial score (nSPS) is 21.4. The fraction of sp³-hybridized carbons (Fsp3) is 1.00. The van der Waals surface area contributed by atoms with Crippen LogP contribution in [-0.4, -0.2) is 44.3 Å². The second kappa shape index (κ2) is 7.12. The van der Waals surface area contributed by atoms with Crippen molar-refractivity contribution in [2.75, 3.05) is 25.1 Å². The second-order valence-electron chi connectivity index (χ2n) is 4.99. The Morgan fingerprint density at radius 3 is 2.50 bits per heavy atom. The predicted octanol–water partition coefficient (Wildman–Crippen LogP) is 1.58. The molecule has 0 radical (unpaired) electrons. The minimum atomic E-state index is -3.15. The summed E-state index contributed by atoms with van der Waals surface area (Å²) >= 11 is 1.76. The molecule has 1 atom stereocenters. The number of nitrogens with one attached hydrogen (secondary N) is 2. The summed E-state index contributed by atoms with van der Waals surface area (Å²) in [6.07, 6.45) is 6.07.